The maximum Gasteiger partial charge on any atom is 0.235 e. The molecule has 1 saturated carbocycles. The van der Waals surface area contributed by atoms with Crippen molar-refractivity contribution in [1.29, 1.82) is 16.1 Å². The van der Waals surface area contributed by atoms with Crippen LogP contribution in [0.4, 0.5) is 14.5 Å². The predicted molar refractivity (Wildman–Crippen MR) is 140 cm³/mol. The van der Waals surface area contributed by atoms with Crippen molar-refractivity contribution < 1.29 is 8.78 Å². The first-order valence-electron chi connectivity index (χ1n) is 11.0. The Kier molecular flexibility index (Phi) is 14.0. The van der Waals surface area contributed by atoms with Crippen molar-refractivity contribution in [2.75, 3.05) is 5.32 Å². The van der Waals surface area contributed by atoms with Crippen molar-refractivity contribution in [3.63, 3.8) is 0 Å². The molecule has 0 atom stereocenters. The van der Waals surface area contributed by atoms with Crippen LogP contribution >= 0.6 is 15.9 Å². The molecule has 4 N–H and O–H groups in total. The van der Waals surface area contributed by atoms with Crippen molar-refractivity contribution in [3.05, 3.63) is 52.3 Å². The number of aromatic nitrogens is 2. The van der Waals surface area contributed by atoms with Gasteiger partial charge in [-0.3, -0.25) is 4.98 Å². The highest BCUT2D eigenvalue weighted by Crippen LogP contribution is 2.30. The second-order valence-electron chi connectivity index (χ2n) is 7.42. The summed E-state index contributed by atoms with van der Waals surface area (Å²) < 4.78 is 21.6. The fourth-order valence-corrected chi connectivity index (χ4v) is 3.51. The van der Waals surface area contributed by atoms with Crippen LogP contribution in [-0.2, 0) is 0 Å². The van der Waals surface area contributed by atoms with E-state index >= 15 is 0 Å². The summed E-state index contributed by atoms with van der Waals surface area (Å²) in [6.45, 7) is 2.71. The second kappa shape index (κ2) is 16.5. The van der Waals surface area contributed by atoms with Gasteiger partial charge in [-0.25, -0.2) is 8.78 Å². The molecule has 9 heteroatoms. The first-order valence-corrected chi connectivity index (χ1v) is 11.8. The number of halogens is 3. The summed E-state index contributed by atoms with van der Waals surface area (Å²) in [5, 5.41) is 26.1. The molecule has 1 aliphatic rings. The Morgan fingerprint density at radius 1 is 1.29 bits per heavy atom. The number of nitriles is 1. The number of hydrogen-bond donors (Lipinski definition) is 4. The molecule has 1 fully saturated rings. The number of hydrogen-bond acceptors (Lipinski definition) is 5. The molecular formula is C25H31BrF2N6. The number of pyridine rings is 1. The summed E-state index contributed by atoms with van der Waals surface area (Å²) in [6, 6.07) is 8.36. The van der Waals surface area contributed by atoms with E-state index in [1.165, 1.54) is 38.3 Å². The van der Waals surface area contributed by atoms with E-state index in [4.69, 9.17) is 16.1 Å². The lowest BCUT2D eigenvalue weighted by molar-refractivity contribution is 0.171. The second-order valence-corrected chi connectivity index (χ2v) is 8.28. The van der Waals surface area contributed by atoms with E-state index in [1.807, 2.05) is 43.5 Å². The highest BCUT2D eigenvalue weighted by atomic mass is 79.9. The molecule has 1 aliphatic carbocycles. The van der Waals surface area contributed by atoms with Gasteiger partial charge in [0.25, 0.3) is 0 Å². The quantitative estimate of drug-likeness (QED) is 0.226. The minimum Gasteiger partial charge on any atom is -0.381 e. The highest BCUT2D eigenvalue weighted by molar-refractivity contribution is 9.10. The number of nitrogens with zero attached hydrogens (tertiary/aromatic N) is 2. The fourth-order valence-electron chi connectivity index (χ4n) is 3.18. The van der Waals surface area contributed by atoms with Gasteiger partial charge in [-0.1, -0.05) is 25.3 Å². The Morgan fingerprint density at radius 2 is 1.97 bits per heavy atom. The van der Waals surface area contributed by atoms with Crippen molar-refractivity contribution in [2.24, 2.45) is 0 Å². The molecule has 3 rings (SSSR count). The molecule has 0 aliphatic heterocycles. The minimum absolute atomic E-state index is 0.303. The van der Waals surface area contributed by atoms with E-state index in [1.54, 1.807) is 12.2 Å². The minimum atomic E-state index is -2.17. The molecule has 2 aromatic heterocycles. The first kappa shape index (κ1) is 28.9. The van der Waals surface area contributed by atoms with Crippen LogP contribution in [0.1, 0.15) is 51.6 Å². The standard InChI is InChI=1S/C19H20BrN5.C4H7N.C2H4F2/c20-16-12-23-19(9-18(16)24-14-4-2-1-3-5-14)17-7-6-15(25-17)8-13(10-21)11-22;1-2-3-4-5;1-2(3)4/h6-10,12,14,21,25H,1-5H2,(H,23,24);2-5H,1H3;2H,1H3/b13-8+,21-10?;3-2-,5-4?;. The van der Waals surface area contributed by atoms with Gasteiger partial charge in [-0.05, 0) is 73.0 Å². The molecule has 34 heavy (non-hydrogen) atoms. The highest BCUT2D eigenvalue weighted by Gasteiger charge is 2.15. The fraction of sp³-hybridized carbons (Fsp3) is 0.360. The number of alkyl halides is 2. The largest absolute Gasteiger partial charge is 0.381 e. The summed E-state index contributed by atoms with van der Waals surface area (Å²) in [4.78, 5) is 7.73. The maximum atomic E-state index is 10.3. The maximum absolute atomic E-state index is 10.3. The molecular weight excluding hydrogens is 502 g/mol. The molecule has 0 spiro atoms. The summed E-state index contributed by atoms with van der Waals surface area (Å²) in [5.74, 6) is 0. The van der Waals surface area contributed by atoms with Gasteiger partial charge in [-0.2, -0.15) is 5.26 Å². The van der Waals surface area contributed by atoms with E-state index in [9.17, 15) is 8.78 Å². The van der Waals surface area contributed by atoms with Gasteiger partial charge in [-0.15, -0.1) is 0 Å². The number of allylic oxidation sites excluding steroid dienone is 3. The van der Waals surface area contributed by atoms with E-state index in [0.29, 0.717) is 11.6 Å². The lowest BCUT2D eigenvalue weighted by Crippen LogP contribution is -2.22. The third-order valence-electron chi connectivity index (χ3n) is 4.69. The average Bonchev–Trinajstić information content (AvgIpc) is 3.29. The monoisotopic (exact) mass is 532 g/mol. The van der Waals surface area contributed by atoms with Crippen LogP contribution < -0.4 is 5.32 Å². The van der Waals surface area contributed by atoms with Crippen molar-refractivity contribution in [1.82, 2.24) is 9.97 Å². The Hall–Kier alpha value is -3.12. The molecule has 0 aromatic carbocycles. The molecule has 182 valence electrons. The number of anilines is 1. The lowest BCUT2D eigenvalue weighted by Gasteiger charge is -2.24. The molecule has 0 bridgehead atoms. The van der Waals surface area contributed by atoms with Gasteiger partial charge in [0.05, 0.1) is 27.1 Å². The zero-order chi connectivity index (χ0) is 25.3. The predicted octanol–water partition coefficient (Wildman–Crippen LogP) is 7.62. The normalized spacial score (nSPS) is 13.9. The summed E-state index contributed by atoms with van der Waals surface area (Å²) in [6.07, 6.45) is 13.4. The zero-order valence-electron chi connectivity index (χ0n) is 19.4. The summed E-state index contributed by atoms with van der Waals surface area (Å²) in [5.41, 5.74) is 3.86. The van der Waals surface area contributed by atoms with Gasteiger partial charge in [0, 0.05) is 30.4 Å². The van der Waals surface area contributed by atoms with E-state index in [2.05, 4.69) is 31.2 Å². The van der Waals surface area contributed by atoms with E-state index < -0.39 is 6.43 Å². The summed E-state index contributed by atoms with van der Waals surface area (Å²) >= 11 is 3.58. The molecule has 0 unspecified atom stereocenters. The Morgan fingerprint density at radius 3 is 2.50 bits per heavy atom. The van der Waals surface area contributed by atoms with Crippen LogP contribution in [-0.4, -0.2) is 34.9 Å². The number of H-pyrrole nitrogens is 1. The third kappa shape index (κ3) is 11.1. The van der Waals surface area contributed by atoms with Gasteiger partial charge in [0.2, 0.25) is 6.43 Å². The molecule has 0 radical (unpaired) electrons. The Bertz CT molecular complexity index is 998. The van der Waals surface area contributed by atoms with Crippen LogP contribution in [0.3, 0.4) is 0 Å². The van der Waals surface area contributed by atoms with Crippen molar-refractivity contribution in [3.8, 4) is 17.5 Å². The van der Waals surface area contributed by atoms with Gasteiger partial charge in [0.1, 0.15) is 6.07 Å². The van der Waals surface area contributed by atoms with Gasteiger partial charge < -0.3 is 21.1 Å². The molecule has 0 saturated heterocycles. The summed E-state index contributed by atoms with van der Waals surface area (Å²) in [7, 11) is 0. The van der Waals surface area contributed by atoms with Gasteiger partial charge in [0.15, 0.2) is 0 Å². The van der Waals surface area contributed by atoms with E-state index in [-0.39, 0.29) is 0 Å². The van der Waals surface area contributed by atoms with Gasteiger partial charge >= 0.3 is 0 Å². The number of aromatic amines is 1. The van der Waals surface area contributed by atoms with Crippen LogP contribution in [0.5, 0.6) is 0 Å². The average molecular weight is 533 g/mol. The van der Waals surface area contributed by atoms with Crippen LogP contribution in [0.25, 0.3) is 17.5 Å². The molecule has 2 aromatic rings. The van der Waals surface area contributed by atoms with E-state index in [0.717, 1.165) is 40.4 Å². The Balaban J connectivity index is 0.000000550. The van der Waals surface area contributed by atoms with Crippen LogP contribution in [0.15, 0.2) is 46.6 Å². The topological polar surface area (TPSA) is 112 Å². The number of nitrogens with one attached hydrogen (secondary N) is 4. The third-order valence-corrected chi connectivity index (χ3v) is 5.32. The SMILES string of the molecule is C/C=C\C=N.CC(F)F.N#C/C(C=N)=C/c1ccc(-c2cc(NC3CCCCC3)c(Br)cn2)[nH]1. The zero-order valence-corrected chi connectivity index (χ0v) is 21.0. The van der Waals surface area contributed by atoms with Crippen LogP contribution in [0.2, 0.25) is 0 Å². The molecule has 0 amide bonds. The molecule has 2 heterocycles. The van der Waals surface area contributed by atoms with Crippen molar-refractivity contribution in [2.45, 2.75) is 58.4 Å². The smallest absolute Gasteiger partial charge is 0.235 e. The Labute approximate surface area is 208 Å². The lowest BCUT2D eigenvalue weighted by atomic mass is 9.95. The number of rotatable bonds is 6. The molecule has 6 nitrogen and oxygen atoms in total. The van der Waals surface area contributed by atoms with Crippen LogP contribution in [0, 0.1) is 22.1 Å². The van der Waals surface area contributed by atoms with Crippen molar-refractivity contribution >= 4 is 40.1 Å². The first-order chi connectivity index (χ1) is 16.3.